The van der Waals surface area contributed by atoms with Crippen molar-refractivity contribution in [3.8, 4) is 0 Å². The number of thiophene rings is 1. The second-order valence-corrected chi connectivity index (χ2v) is 5.93. The highest BCUT2D eigenvalue weighted by molar-refractivity contribution is 7.19. The van der Waals surface area contributed by atoms with E-state index in [0.717, 1.165) is 27.8 Å². The molecule has 0 aliphatic heterocycles. The quantitative estimate of drug-likeness (QED) is 0.848. The average Bonchev–Trinajstić information content (AvgIpc) is 2.68. The monoisotopic (exact) mass is 252 g/mol. The normalized spacial score (nSPS) is 13.5. The van der Waals surface area contributed by atoms with E-state index in [2.05, 4.69) is 13.8 Å². The highest BCUT2D eigenvalue weighted by Crippen LogP contribution is 2.32. The number of aliphatic hydroxyl groups is 1. The van der Waals surface area contributed by atoms with Gasteiger partial charge in [0.2, 0.25) is 0 Å². The lowest BCUT2D eigenvalue weighted by atomic mass is 10.0. The summed E-state index contributed by atoms with van der Waals surface area (Å²) < 4.78 is 14.0. The number of aliphatic hydroxyl groups excluding tert-OH is 1. The van der Waals surface area contributed by atoms with Gasteiger partial charge in [-0.2, -0.15) is 0 Å². The van der Waals surface area contributed by atoms with Gasteiger partial charge in [0.1, 0.15) is 5.82 Å². The molecule has 0 saturated carbocycles. The lowest BCUT2D eigenvalue weighted by molar-refractivity contribution is 0.163. The molecule has 1 unspecified atom stereocenters. The third kappa shape index (κ3) is 3.05. The molecule has 0 bridgehead atoms. The Labute approximate surface area is 105 Å². The van der Waals surface area contributed by atoms with Crippen molar-refractivity contribution in [3.63, 3.8) is 0 Å². The number of rotatable bonds is 4. The smallest absolute Gasteiger partial charge is 0.124 e. The number of hydrogen-bond acceptors (Lipinski definition) is 2. The van der Waals surface area contributed by atoms with Gasteiger partial charge in [0, 0.05) is 9.58 Å². The van der Waals surface area contributed by atoms with Gasteiger partial charge >= 0.3 is 0 Å². The van der Waals surface area contributed by atoms with Crippen LogP contribution in [0.15, 0.2) is 24.3 Å². The van der Waals surface area contributed by atoms with Gasteiger partial charge < -0.3 is 5.11 Å². The summed E-state index contributed by atoms with van der Waals surface area (Å²) >= 11 is 1.48. The molecule has 0 aliphatic carbocycles. The lowest BCUT2D eigenvalue weighted by Crippen LogP contribution is -1.97. The van der Waals surface area contributed by atoms with Crippen molar-refractivity contribution in [2.75, 3.05) is 0 Å². The van der Waals surface area contributed by atoms with Crippen LogP contribution in [0.5, 0.6) is 0 Å². The molecule has 1 atom stereocenters. The van der Waals surface area contributed by atoms with Crippen molar-refractivity contribution in [1.82, 2.24) is 0 Å². The molecule has 0 spiro atoms. The predicted octanol–water partition coefficient (Wildman–Crippen LogP) is 4.51. The van der Waals surface area contributed by atoms with Crippen molar-refractivity contribution >= 4 is 21.4 Å². The van der Waals surface area contributed by atoms with Crippen molar-refractivity contribution in [1.29, 1.82) is 0 Å². The van der Waals surface area contributed by atoms with Crippen LogP contribution in [-0.4, -0.2) is 5.11 Å². The van der Waals surface area contributed by atoms with Crippen LogP contribution < -0.4 is 0 Å². The van der Waals surface area contributed by atoms with Crippen LogP contribution in [0.3, 0.4) is 0 Å². The van der Waals surface area contributed by atoms with Crippen LogP contribution in [0.4, 0.5) is 4.39 Å². The third-order valence-corrected chi connectivity index (χ3v) is 4.05. The first-order valence-corrected chi connectivity index (χ1v) is 6.75. The summed E-state index contributed by atoms with van der Waals surface area (Å²) in [4.78, 5) is 0.936. The first kappa shape index (κ1) is 12.5. The van der Waals surface area contributed by atoms with Gasteiger partial charge in [0.05, 0.1) is 6.10 Å². The first-order valence-electron chi connectivity index (χ1n) is 5.93. The van der Waals surface area contributed by atoms with E-state index in [4.69, 9.17) is 0 Å². The van der Waals surface area contributed by atoms with E-state index < -0.39 is 6.10 Å². The van der Waals surface area contributed by atoms with Gasteiger partial charge in [-0.05, 0) is 42.3 Å². The van der Waals surface area contributed by atoms with E-state index in [0.29, 0.717) is 5.92 Å². The number of benzene rings is 1. The molecule has 1 aromatic carbocycles. The molecular weight excluding hydrogens is 235 g/mol. The fourth-order valence-electron chi connectivity index (χ4n) is 1.82. The van der Waals surface area contributed by atoms with Crippen molar-refractivity contribution in [2.24, 2.45) is 5.92 Å². The summed E-state index contributed by atoms with van der Waals surface area (Å²) in [6.45, 7) is 4.29. The number of hydrogen-bond donors (Lipinski definition) is 1. The maximum Gasteiger partial charge on any atom is 0.124 e. The minimum absolute atomic E-state index is 0.220. The molecule has 17 heavy (non-hydrogen) atoms. The van der Waals surface area contributed by atoms with Crippen LogP contribution >= 0.6 is 11.3 Å². The fourth-order valence-corrected chi connectivity index (χ4v) is 2.93. The standard InChI is InChI=1S/C14H17FOS/c1-9(2)3-6-12(16)14-7-10-4-5-11(15)8-13(10)17-14/h4-5,7-9,12,16H,3,6H2,1-2H3. The van der Waals surface area contributed by atoms with Crippen LogP contribution in [0.1, 0.15) is 37.7 Å². The Morgan fingerprint density at radius 3 is 2.71 bits per heavy atom. The third-order valence-electron chi connectivity index (χ3n) is 2.85. The van der Waals surface area contributed by atoms with Gasteiger partial charge in [-0.15, -0.1) is 11.3 Å². The molecule has 3 heteroatoms. The molecule has 0 radical (unpaired) electrons. The van der Waals surface area contributed by atoms with Gasteiger partial charge in [0.25, 0.3) is 0 Å². The molecule has 0 fully saturated rings. The summed E-state index contributed by atoms with van der Waals surface area (Å²) in [5.41, 5.74) is 0. The van der Waals surface area contributed by atoms with Crippen molar-refractivity contribution in [3.05, 3.63) is 35.0 Å². The fraction of sp³-hybridized carbons (Fsp3) is 0.429. The summed E-state index contributed by atoms with van der Waals surface area (Å²) in [7, 11) is 0. The van der Waals surface area contributed by atoms with E-state index in [1.807, 2.05) is 6.07 Å². The highest BCUT2D eigenvalue weighted by atomic mass is 32.1. The predicted molar refractivity (Wildman–Crippen MR) is 70.8 cm³/mol. The van der Waals surface area contributed by atoms with Crippen LogP contribution in [0.2, 0.25) is 0 Å². The Bertz CT molecular complexity index is 504. The molecule has 1 heterocycles. The zero-order chi connectivity index (χ0) is 12.4. The molecular formula is C14H17FOS. The highest BCUT2D eigenvalue weighted by Gasteiger charge is 2.12. The summed E-state index contributed by atoms with van der Waals surface area (Å²) in [5, 5.41) is 11.1. The van der Waals surface area contributed by atoms with Crippen LogP contribution in [0, 0.1) is 11.7 Å². The van der Waals surface area contributed by atoms with Crippen molar-refractivity contribution in [2.45, 2.75) is 32.8 Å². The Morgan fingerprint density at radius 2 is 2.00 bits per heavy atom. The van der Waals surface area contributed by atoms with Crippen molar-refractivity contribution < 1.29 is 9.50 Å². The minimum Gasteiger partial charge on any atom is -0.388 e. The Balaban J connectivity index is 2.18. The van der Waals surface area contributed by atoms with E-state index in [-0.39, 0.29) is 5.82 Å². The molecule has 92 valence electrons. The first-order chi connectivity index (χ1) is 8.06. The lowest BCUT2D eigenvalue weighted by Gasteiger charge is -2.09. The Morgan fingerprint density at radius 1 is 1.24 bits per heavy atom. The second kappa shape index (κ2) is 5.15. The van der Waals surface area contributed by atoms with Gasteiger partial charge in [-0.3, -0.25) is 0 Å². The largest absolute Gasteiger partial charge is 0.388 e. The number of fused-ring (bicyclic) bond motifs is 1. The van der Waals surface area contributed by atoms with Crippen LogP contribution in [-0.2, 0) is 0 Å². The molecule has 2 aromatic rings. The van der Waals surface area contributed by atoms with Gasteiger partial charge in [0.15, 0.2) is 0 Å². The topological polar surface area (TPSA) is 20.2 Å². The van der Waals surface area contributed by atoms with E-state index >= 15 is 0 Å². The molecule has 0 amide bonds. The molecule has 0 aliphatic rings. The molecule has 1 aromatic heterocycles. The Hall–Kier alpha value is -0.930. The molecule has 2 rings (SSSR count). The summed E-state index contributed by atoms with van der Waals surface area (Å²) in [6, 6.07) is 6.71. The summed E-state index contributed by atoms with van der Waals surface area (Å²) in [6.07, 6.45) is 1.36. The van der Waals surface area contributed by atoms with Gasteiger partial charge in [-0.25, -0.2) is 4.39 Å². The van der Waals surface area contributed by atoms with Crippen LogP contribution in [0.25, 0.3) is 10.1 Å². The second-order valence-electron chi connectivity index (χ2n) is 4.82. The van der Waals surface area contributed by atoms with Gasteiger partial charge in [-0.1, -0.05) is 19.9 Å². The zero-order valence-electron chi connectivity index (χ0n) is 10.1. The van der Waals surface area contributed by atoms with E-state index in [1.165, 1.54) is 23.5 Å². The zero-order valence-corrected chi connectivity index (χ0v) is 10.9. The SMILES string of the molecule is CC(C)CCC(O)c1cc2ccc(F)cc2s1. The molecule has 1 nitrogen and oxygen atoms in total. The molecule has 1 N–H and O–H groups in total. The maximum absolute atomic E-state index is 13.0. The number of halogens is 1. The maximum atomic E-state index is 13.0. The Kier molecular flexibility index (Phi) is 3.79. The average molecular weight is 252 g/mol. The minimum atomic E-state index is -0.419. The summed E-state index contributed by atoms with van der Waals surface area (Å²) in [5.74, 6) is 0.374. The van der Waals surface area contributed by atoms with E-state index in [9.17, 15) is 9.50 Å². The molecule has 0 saturated heterocycles. The van der Waals surface area contributed by atoms with E-state index in [1.54, 1.807) is 6.07 Å².